The third-order valence-electron chi connectivity index (χ3n) is 11.0. The highest BCUT2D eigenvalue weighted by atomic mass is 79.9. The Morgan fingerprint density at radius 3 is 1.48 bits per heavy atom. The number of nitriles is 1. The molecule has 30 nitrogen and oxygen atoms in total. The number of hydrogen-bond donors (Lipinski definition) is 17. The lowest BCUT2D eigenvalue weighted by Gasteiger charge is -2.02. The number of nitrogen functional groups attached to an aromatic ring is 1. The number of fused-ring (bicyclic) bond motifs is 4. The summed E-state index contributed by atoms with van der Waals surface area (Å²) in [7, 11) is 0. The van der Waals surface area contributed by atoms with Gasteiger partial charge in [0.1, 0.15) is 23.8 Å². The van der Waals surface area contributed by atoms with Gasteiger partial charge in [-0.3, -0.25) is 50.3 Å². The highest BCUT2D eigenvalue weighted by molar-refractivity contribution is 9.09. The van der Waals surface area contributed by atoms with Crippen molar-refractivity contribution in [2.24, 2.45) is 5.84 Å². The van der Waals surface area contributed by atoms with E-state index < -0.39 is 0 Å². The molecule has 1 amide bonds. The second-order valence-electron chi connectivity index (χ2n) is 17.2. The zero-order chi connectivity index (χ0) is 67.0. The molecule has 32 heteroatoms. The van der Waals surface area contributed by atoms with E-state index in [1.165, 1.54) is 0 Å². The highest BCUT2D eigenvalue weighted by Crippen LogP contribution is 2.22. The Hall–Kier alpha value is -10.8. The number of hydrogen-bond acceptors (Lipinski definition) is 24. The Morgan fingerprint density at radius 1 is 0.626 bits per heavy atom. The fraction of sp³-hybridized carbons (Fsp3) is 0.237. The maximum atomic E-state index is 11.2. The molecule has 6 heterocycles. The van der Waals surface area contributed by atoms with Crippen molar-refractivity contribution in [2.45, 2.75) is 47.1 Å². The molecule has 486 valence electrons. The Morgan fingerprint density at radius 2 is 1.07 bits per heavy atom. The number of amides is 1. The second kappa shape index (κ2) is 46.4. The van der Waals surface area contributed by atoms with Crippen LogP contribution in [0.1, 0.15) is 54.8 Å². The monoisotopic (exact) mass is 1340 g/mol. The van der Waals surface area contributed by atoms with Gasteiger partial charge in [-0.05, 0) is 100.0 Å². The number of para-hydroxylation sites is 4. The summed E-state index contributed by atoms with van der Waals surface area (Å²) < 4.78 is 9.32. The van der Waals surface area contributed by atoms with Crippen molar-refractivity contribution < 1.29 is 36.9 Å². The molecule has 91 heavy (non-hydrogen) atoms. The number of aromatic nitrogens is 12. The minimum Gasteiger partial charge on any atom is -0.465 e. The van der Waals surface area contributed by atoms with E-state index in [9.17, 15) is 14.4 Å². The number of esters is 2. The lowest BCUT2D eigenvalue weighted by atomic mass is 10.2. The molecule has 0 spiro atoms. The van der Waals surface area contributed by atoms with E-state index in [-0.39, 0.29) is 40.4 Å². The number of aliphatic hydroxyl groups is 2. The van der Waals surface area contributed by atoms with Gasteiger partial charge >= 0.3 is 11.9 Å². The number of halogens is 2. The molecular weight excluding hydrogens is 1260 g/mol. The van der Waals surface area contributed by atoms with Crippen molar-refractivity contribution in [3.63, 3.8) is 0 Å². The van der Waals surface area contributed by atoms with Crippen molar-refractivity contribution in [2.75, 3.05) is 66.5 Å². The van der Waals surface area contributed by atoms with Crippen LogP contribution in [-0.2, 0) is 30.4 Å². The number of benzene rings is 5. The third kappa shape index (κ3) is 27.9. The van der Waals surface area contributed by atoms with Crippen molar-refractivity contribution >= 4 is 112 Å². The lowest BCUT2D eigenvalue weighted by Crippen LogP contribution is -2.35. The largest absolute Gasteiger partial charge is 0.465 e. The number of carbonyl (C=O) groups is 3. The summed E-state index contributed by atoms with van der Waals surface area (Å²) in [6, 6.07) is 43.8. The van der Waals surface area contributed by atoms with Gasteiger partial charge in [0.25, 0.3) is 5.91 Å². The molecule has 0 saturated carbocycles. The predicted octanol–water partition coefficient (Wildman–Crippen LogP) is 10.6. The molecule has 0 aliphatic carbocycles. The van der Waals surface area contributed by atoms with Gasteiger partial charge in [0.2, 0.25) is 0 Å². The quantitative estimate of drug-likeness (QED) is 0.0113. The molecule has 11 aromatic rings. The van der Waals surface area contributed by atoms with Crippen molar-refractivity contribution in [3.05, 3.63) is 162 Å². The number of pyridine rings is 1. The molecular formula is C59H79BrClN23O7. The third-order valence-corrected chi connectivity index (χ3v) is 11.8. The van der Waals surface area contributed by atoms with E-state index in [1.807, 2.05) is 121 Å². The first kappa shape index (κ1) is 76.3. The van der Waals surface area contributed by atoms with Crippen LogP contribution in [0.5, 0.6) is 0 Å². The van der Waals surface area contributed by atoms with Crippen LogP contribution in [0.3, 0.4) is 0 Å². The molecule has 0 atom stereocenters. The number of anilines is 4. The number of aliphatic hydroxyl groups excluding tert-OH is 2. The molecule has 0 fully saturated rings. The average Bonchev–Trinajstić information content (AvgIpc) is 1.77. The second-order valence-corrected chi connectivity index (χ2v) is 18.2. The van der Waals surface area contributed by atoms with Crippen molar-refractivity contribution in [1.82, 2.24) is 66.4 Å². The summed E-state index contributed by atoms with van der Waals surface area (Å²) in [4.78, 5) is 40.7. The molecule has 5 aromatic carbocycles. The highest BCUT2D eigenvalue weighted by Gasteiger charge is 2.10. The van der Waals surface area contributed by atoms with E-state index in [0.717, 1.165) is 73.7 Å². The molecule has 0 unspecified atom stereocenters. The average molecular weight is 1340 g/mol. The van der Waals surface area contributed by atoms with Crippen LogP contribution < -0.4 is 33.0 Å². The van der Waals surface area contributed by atoms with Gasteiger partial charge in [-0.2, -0.15) is 30.8 Å². The number of unbranched alkanes of at least 4 members (excludes halogenated alkanes) is 1. The standard InChI is InChI=1S/C15H13N7.C11H13N3O2.C9H11N5O.C7H4ClN.C7H7N3.C4H7BrO2.C4H10O.C2H6O.2H2N2.2H2/c1-2-4-12-11(3-1)15(22-19-12)17-9-13-18-14(21-20-13)10-5-7-16-8-6-10;1-2-16-10(15)7-12-11-8-5-3-4-6-9(8)13-14-11;10-12-8(15)5-11-9-6-3-1-2-4-7(6)13-14-9;8-7-4-2-1-3-6(7)5-9;8-7-5-3-1-2-4-6(5)9-10-7;1-2-7-4(6)3-5;1-2-3-4-5;1-2-3;2*1-2;;/h1-8H,9H2,(H2,17,19,22)(H,18,20,21);3-6H,2,7H2,1H3,(H2,12,13,14);1-4H,5,10H2,(H,12,15)(H2,11,13,14);1-4H;1-4H,(H3,8,9,10);2-3H2,1H3;5H,2-4H2,1H3;3H,2H2,1H3;2*1-2H;2*1H. The number of ether oxygens (including phenoxy) is 2. The van der Waals surface area contributed by atoms with Crippen molar-refractivity contribution in [3.8, 4) is 17.5 Å². The van der Waals surface area contributed by atoms with Crippen molar-refractivity contribution in [1.29, 1.82) is 27.4 Å². The summed E-state index contributed by atoms with van der Waals surface area (Å²) in [6.07, 6.45) is 5.48. The SMILES string of the molecule is CCCCO.CCO.CCOC(=O)CBr.CCOC(=O)CNc1n[nH]c2ccccc12.N#Cc1ccccc1Cl.N=N.N=N.NNC(=O)CNc1n[nH]c2ccccc12.Nc1n[nH]c2ccccc12.[HH].[HH].c1ccc2c(NCc3nc(-c4ccncc4)n[nH]3)n[nH]c2c1. The van der Waals surface area contributed by atoms with Gasteiger partial charge in [0.05, 0.1) is 59.0 Å². The van der Waals surface area contributed by atoms with E-state index >= 15 is 0 Å². The van der Waals surface area contributed by atoms with Crippen LogP contribution >= 0.6 is 27.5 Å². The van der Waals surface area contributed by atoms with Crippen LogP contribution in [0.15, 0.2) is 146 Å². The number of nitrogens with one attached hydrogen (secondary N) is 13. The molecule has 0 radical (unpaired) electrons. The smallest absolute Gasteiger partial charge is 0.325 e. The number of nitrogens with zero attached hydrogens (tertiary/aromatic N) is 8. The predicted molar refractivity (Wildman–Crippen MR) is 358 cm³/mol. The van der Waals surface area contributed by atoms with Crippen LogP contribution in [0, 0.1) is 33.5 Å². The minimum absolute atomic E-state index is 0. The minimum atomic E-state index is -0.290. The fourth-order valence-corrected chi connectivity index (χ4v) is 7.28. The molecule has 19 N–H and O–H groups in total. The molecule has 0 aliphatic rings. The zero-order valence-corrected chi connectivity index (χ0v) is 52.7. The zero-order valence-electron chi connectivity index (χ0n) is 50.4. The Labute approximate surface area is 539 Å². The van der Waals surface area contributed by atoms with E-state index in [2.05, 4.69) is 104 Å². The first-order valence-corrected chi connectivity index (χ1v) is 29.1. The van der Waals surface area contributed by atoms with Crippen LogP contribution in [0.4, 0.5) is 23.3 Å². The summed E-state index contributed by atoms with van der Waals surface area (Å²) in [5.74, 6) is 8.27. The molecule has 0 bridgehead atoms. The first-order valence-electron chi connectivity index (χ1n) is 27.6. The summed E-state index contributed by atoms with van der Waals surface area (Å²) in [5.41, 5.74) is 32.9. The first-order chi connectivity index (χ1) is 44.4. The topological polar surface area (TPSA) is 499 Å². The Balaban J connectivity index is 0.00000108. The maximum absolute atomic E-state index is 11.2. The van der Waals surface area contributed by atoms with Crippen LogP contribution in [-0.4, -0.2) is 134 Å². The number of H-pyrrole nitrogens is 5. The number of rotatable bonds is 15. The Kier molecular flexibility index (Phi) is 38.9. The molecule has 0 aliphatic heterocycles. The molecule has 0 saturated heterocycles. The number of aromatic amines is 5. The molecule has 6 aromatic heterocycles. The Bertz CT molecular complexity index is 3830. The number of alkyl halides is 1. The maximum Gasteiger partial charge on any atom is 0.325 e. The van der Waals surface area contributed by atoms with Gasteiger partial charge in [-0.15, -0.1) is 0 Å². The number of hydrazine groups is 1. The van der Waals surface area contributed by atoms with Gasteiger partial charge in [-0.1, -0.05) is 102 Å². The van der Waals surface area contributed by atoms with Crippen LogP contribution in [0.25, 0.3) is 55.0 Å². The molecule has 11 rings (SSSR count). The normalized spacial score (nSPS) is 9.49. The van der Waals surface area contributed by atoms with Gasteiger partial charge in [0.15, 0.2) is 29.1 Å². The number of carbonyl (C=O) groups excluding carboxylic acids is 3. The van der Waals surface area contributed by atoms with Gasteiger partial charge < -0.3 is 41.4 Å². The number of nitrogens with two attached hydrogens (primary N) is 2. The van der Waals surface area contributed by atoms with E-state index in [1.54, 1.807) is 57.4 Å². The summed E-state index contributed by atoms with van der Waals surface area (Å²) in [6.45, 7) is 9.49. The van der Waals surface area contributed by atoms with Gasteiger partial charge in [-0.25, -0.2) is 33.0 Å². The van der Waals surface area contributed by atoms with Crippen LogP contribution in [0.2, 0.25) is 5.02 Å². The van der Waals surface area contributed by atoms with Gasteiger partial charge in [0, 0.05) is 55.6 Å². The summed E-state index contributed by atoms with van der Waals surface area (Å²) in [5, 5.41) is 72.8. The summed E-state index contributed by atoms with van der Waals surface area (Å²) >= 11 is 8.54. The lowest BCUT2D eigenvalue weighted by molar-refractivity contribution is -0.141. The van der Waals surface area contributed by atoms with E-state index in [4.69, 9.17) is 65.5 Å². The van der Waals surface area contributed by atoms with E-state index in [0.29, 0.717) is 65.6 Å². The fourth-order valence-electron chi connectivity index (χ4n) is 6.94.